The first kappa shape index (κ1) is 14.9. The first-order valence-corrected chi connectivity index (χ1v) is 5.62. The molecule has 3 nitrogen and oxygen atoms in total. The third-order valence-electron chi connectivity index (χ3n) is 2.20. The largest absolute Gasteiger partial charge is 0.496 e. The fourth-order valence-corrected chi connectivity index (χ4v) is 1.45. The van der Waals surface area contributed by atoms with Gasteiger partial charge in [0.05, 0.1) is 19.8 Å². The predicted octanol–water partition coefficient (Wildman–Crippen LogP) is 2.63. The molecule has 92 valence electrons. The molecular formula is C13H23NO2. The van der Waals surface area contributed by atoms with E-state index >= 15 is 0 Å². The van der Waals surface area contributed by atoms with Crippen molar-refractivity contribution in [3.8, 4) is 5.75 Å². The zero-order valence-corrected chi connectivity index (χ0v) is 10.9. The summed E-state index contributed by atoms with van der Waals surface area (Å²) in [6, 6.07) is 8.13. The zero-order chi connectivity index (χ0) is 12.4. The number of nitrogens with one attached hydrogen (secondary N) is 1. The normalized spacial score (nSPS) is 11.3. The Hall–Kier alpha value is -1.06. The van der Waals surface area contributed by atoms with Crippen molar-refractivity contribution in [3.05, 3.63) is 29.8 Å². The van der Waals surface area contributed by atoms with Gasteiger partial charge in [0.1, 0.15) is 5.75 Å². The lowest BCUT2D eigenvalue weighted by Gasteiger charge is -2.18. The third kappa shape index (κ3) is 4.21. The minimum absolute atomic E-state index is 0.177. The second-order valence-corrected chi connectivity index (χ2v) is 3.04. The van der Waals surface area contributed by atoms with Crippen molar-refractivity contribution in [1.82, 2.24) is 5.32 Å². The standard InChI is InChI=1S/C11H17NO2.C2H6/c1-12-10(8-13-2)9-6-4-5-7-11(9)14-3;1-2/h4-7,10,12H,8H2,1-3H3;1-2H3. The highest BCUT2D eigenvalue weighted by Crippen LogP contribution is 2.24. The molecule has 0 aliphatic carbocycles. The molecule has 1 unspecified atom stereocenters. The highest BCUT2D eigenvalue weighted by molar-refractivity contribution is 5.35. The van der Waals surface area contributed by atoms with Gasteiger partial charge in [0.25, 0.3) is 0 Å². The van der Waals surface area contributed by atoms with Gasteiger partial charge >= 0.3 is 0 Å². The minimum Gasteiger partial charge on any atom is -0.496 e. The zero-order valence-electron chi connectivity index (χ0n) is 10.9. The molecule has 0 saturated heterocycles. The molecule has 1 aromatic carbocycles. The number of benzene rings is 1. The summed E-state index contributed by atoms with van der Waals surface area (Å²) in [6.45, 7) is 4.64. The van der Waals surface area contributed by atoms with Gasteiger partial charge in [-0.1, -0.05) is 32.0 Å². The molecule has 0 aliphatic rings. The van der Waals surface area contributed by atoms with Crippen molar-refractivity contribution < 1.29 is 9.47 Å². The Morgan fingerprint density at radius 1 is 1.19 bits per heavy atom. The second-order valence-electron chi connectivity index (χ2n) is 3.04. The highest BCUT2D eigenvalue weighted by atomic mass is 16.5. The van der Waals surface area contributed by atoms with Crippen LogP contribution in [0, 0.1) is 0 Å². The maximum atomic E-state index is 5.28. The van der Waals surface area contributed by atoms with Gasteiger partial charge in [-0.2, -0.15) is 0 Å². The van der Waals surface area contributed by atoms with Gasteiger partial charge in [0.2, 0.25) is 0 Å². The first-order chi connectivity index (χ1) is 7.83. The molecule has 0 bridgehead atoms. The predicted molar refractivity (Wildman–Crippen MR) is 68.0 cm³/mol. The van der Waals surface area contributed by atoms with Crippen LogP contribution in [-0.2, 0) is 4.74 Å². The van der Waals surface area contributed by atoms with Crippen LogP contribution < -0.4 is 10.1 Å². The van der Waals surface area contributed by atoms with Crippen molar-refractivity contribution in [2.24, 2.45) is 0 Å². The van der Waals surface area contributed by atoms with E-state index in [0.29, 0.717) is 6.61 Å². The van der Waals surface area contributed by atoms with E-state index in [0.717, 1.165) is 11.3 Å². The van der Waals surface area contributed by atoms with E-state index in [1.54, 1.807) is 14.2 Å². The molecule has 16 heavy (non-hydrogen) atoms. The number of hydrogen-bond donors (Lipinski definition) is 1. The molecule has 1 N–H and O–H groups in total. The van der Waals surface area contributed by atoms with Gasteiger partial charge in [-0.15, -0.1) is 0 Å². The lowest BCUT2D eigenvalue weighted by molar-refractivity contribution is 0.169. The van der Waals surface area contributed by atoms with Crippen LogP contribution in [0.25, 0.3) is 0 Å². The van der Waals surface area contributed by atoms with Gasteiger partial charge < -0.3 is 14.8 Å². The molecular weight excluding hydrogens is 202 g/mol. The highest BCUT2D eigenvalue weighted by Gasteiger charge is 2.12. The van der Waals surface area contributed by atoms with E-state index in [1.165, 1.54) is 0 Å². The molecule has 0 heterocycles. The average Bonchev–Trinajstić information content (AvgIpc) is 2.38. The Kier molecular flexibility index (Phi) is 8.58. The Morgan fingerprint density at radius 2 is 1.81 bits per heavy atom. The van der Waals surface area contributed by atoms with Crippen LogP contribution in [0.5, 0.6) is 5.75 Å². The molecule has 3 heteroatoms. The van der Waals surface area contributed by atoms with Crippen LogP contribution in [0.1, 0.15) is 25.5 Å². The SMILES string of the molecule is CC.CNC(COC)c1ccccc1OC. The molecule has 1 rings (SSSR count). The third-order valence-corrected chi connectivity index (χ3v) is 2.20. The van der Waals surface area contributed by atoms with E-state index in [9.17, 15) is 0 Å². The van der Waals surface area contributed by atoms with Gasteiger partial charge in [-0.25, -0.2) is 0 Å². The van der Waals surface area contributed by atoms with Gasteiger partial charge in [-0.3, -0.25) is 0 Å². The average molecular weight is 225 g/mol. The number of ether oxygens (including phenoxy) is 2. The van der Waals surface area contributed by atoms with E-state index < -0.39 is 0 Å². The Bertz CT molecular complexity index is 276. The fourth-order valence-electron chi connectivity index (χ4n) is 1.45. The van der Waals surface area contributed by atoms with Crippen LogP contribution >= 0.6 is 0 Å². The van der Waals surface area contributed by atoms with Gasteiger partial charge in [-0.05, 0) is 13.1 Å². The molecule has 1 atom stereocenters. The molecule has 1 aromatic rings. The topological polar surface area (TPSA) is 30.5 Å². The van der Waals surface area contributed by atoms with Gasteiger partial charge in [0, 0.05) is 12.7 Å². The second kappa shape index (κ2) is 9.19. The van der Waals surface area contributed by atoms with E-state index in [-0.39, 0.29) is 6.04 Å². The maximum Gasteiger partial charge on any atom is 0.123 e. The number of para-hydroxylation sites is 1. The van der Waals surface area contributed by atoms with Crippen molar-refractivity contribution in [3.63, 3.8) is 0 Å². The quantitative estimate of drug-likeness (QED) is 0.835. The smallest absolute Gasteiger partial charge is 0.123 e. The Morgan fingerprint density at radius 3 is 2.31 bits per heavy atom. The molecule has 0 radical (unpaired) electrons. The minimum atomic E-state index is 0.177. The molecule has 0 spiro atoms. The van der Waals surface area contributed by atoms with Crippen LogP contribution in [0.15, 0.2) is 24.3 Å². The number of hydrogen-bond acceptors (Lipinski definition) is 3. The number of rotatable bonds is 5. The van der Waals surface area contributed by atoms with Crippen molar-refractivity contribution in [2.75, 3.05) is 27.9 Å². The van der Waals surface area contributed by atoms with Crippen LogP contribution in [0.4, 0.5) is 0 Å². The van der Waals surface area contributed by atoms with Crippen LogP contribution in [-0.4, -0.2) is 27.9 Å². The summed E-state index contributed by atoms with van der Waals surface area (Å²) < 4.78 is 10.4. The fraction of sp³-hybridized carbons (Fsp3) is 0.538. The number of likely N-dealkylation sites (N-methyl/N-ethyl adjacent to an activating group) is 1. The number of methoxy groups -OCH3 is 2. The monoisotopic (exact) mass is 225 g/mol. The van der Waals surface area contributed by atoms with Crippen molar-refractivity contribution >= 4 is 0 Å². The van der Waals surface area contributed by atoms with Crippen LogP contribution in [0.2, 0.25) is 0 Å². The van der Waals surface area contributed by atoms with Crippen LogP contribution in [0.3, 0.4) is 0 Å². The van der Waals surface area contributed by atoms with Gasteiger partial charge in [0.15, 0.2) is 0 Å². The lowest BCUT2D eigenvalue weighted by Crippen LogP contribution is -2.21. The molecule has 0 amide bonds. The summed E-state index contributed by atoms with van der Waals surface area (Å²) in [6.07, 6.45) is 0. The summed E-state index contributed by atoms with van der Waals surface area (Å²) >= 11 is 0. The van der Waals surface area contributed by atoms with Crippen molar-refractivity contribution in [1.29, 1.82) is 0 Å². The molecule has 0 aromatic heterocycles. The summed E-state index contributed by atoms with van der Waals surface area (Å²) in [5.74, 6) is 0.893. The molecule has 0 aliphatic heterocycles. The lowest BCUT2D eigenvalue weighted by atomic mass is 10.1. The summed E-state index contributed by atoms with van der Waals surface area (Å²) in [5.41, 5.74) is 1.12. The van der Waals surface area contributed by atoms with Crippen molar-refractivity contribution in [2.45, 2.75) is 19.9 Å². The summed E-state index contributed by atoms with van der Waals surface area (Å²) in [5, 5.41) is 3.19. The molecule has 0 fully saturated rings. The first-order valence-electron chi connectivity index (χ1n) is 5.62. The van der Waals surface area contributed by atoms with E-state index in [1.807, 2.05) is 45.2 Å². The summed E-state index contributed by atoms with van der Waals surface area (Å²) in [4.78, 5) is 0. The maximum absolute atomic E-state index is 5.28. The van der Waals surface area contributed by atoms with E-state index in [2.05, 4.69) is 5.32 Å². The molecule has 0 saturated carbocycles. The van der Waals surface area contributed by atoms with E-state index in [4.69, 9.17) is 9.47 Å². The Balaban J connectivity index is 0.00000106. The Labute approximate surface area is 98.8 Å². The summed E-state index contributed by atoms with van der Waals surface area (Å²) in [7, 11) is 5.29.